The Morgan fingerprint density at radius 1 is 1.13 bits per heavy atom. The molecule has 3 aromatic rings. The smallest absolute Gasteiger partial charge is 0.255 e. The second-order valence-corrected chi connectivity index (χ2v) is 8.86. The van der Waals surface area contributed by atoms with Gasteiger partial charge < -0.3 is 14.3 Å². The van der Waals surface area contributed by atoms with E-state index in [1.807, 2.05) is 0 Å². The van der Waals surface area contributed by atoms with Crippen molar-refractivity contribution in [3.05, 3.63) is 70.7 Å². The largest absolute Gasteiger partial charge is 0.472 e. The van der Waals surface area contributed by atoms with Crippen molar-refractivity contribution in [2.75, 3.05) is 13.1 Å². The summed E-state index contributed by atoms with van der Waals surface area (Å²) in [6.07, 6.45) is 3.81. The third-order valence-electron chi connectivity index (χ3n) is 5.85. The minimum Gasteiger partial charge on any atom is -0.472 e. The number of benzene rings is 1. The molecule has 7 heteroatoms. The first kappa shape index (κ1) is 21.3. The average Bonchev–Trinajstić information content (AvgIpc) is 3.33. The number of nitrogens with zero attached hydrogens (tertiary/aromatic N) is 4. The van der Waals surface area contributed by atoms with E-state index in [0.717, 1.165) is 44.2 Å². The molecule has 0 radical (unpaired) electrons. The molecule has 7 nitrogen and oxygen atoms in total. The van der Waals surface area contributed by atoms with Crippen LogP contribution in [0.4, 0.5) is 0 Å². The van der Waals surface area contributed by atoms with Crippen LogP contribution in [0.15, 0.2) is 41.2 Å². The van der Waals surface area contributed by atoms with Gasteiger partial charge in [-0.25, -0.2) is 0 Å². The van der Waals surface area contributed by atoms with Gasteiger partial charge in [0.25, 0.3) is 5.91 Å². The minimum absolute atomic E-state index is 0.158. The van der Waals surface area contributed by atoms with E-state index in [2.05, 4.69) is 70.9 Å². The summed E-state index contributed by atoms with van der Waals surface area (Å²) in [6, 6.07) is 8.20. The van der Waals surface area contributed by atoms with Crippen LogP contribution in [0.1, 0.15) is 58.6 Å². The fourth-order valence-electron chi connectivity index (χ4n) is 4.34. The number of rotatable bonds is 6. The van der Waals surface area contributed by atoms with Gasteiger partial charge in [0.15, 0.2) is 5.82 Å². The zero-order chi connectivity index (χ0) is 22.0. The molecule has 0 bridgehead atoms. The standard InChI is InChI=1S/C24H31N5O2/c1-16(2)22(25-24(30)20-6-10-31-15-20)23-27-26-21-5-7-28(8-9-29(21)23)14-19-12-17(3)11-18(4)13-19/h6,10-13,15-16,22H,5,7-9,14H2,1-4H3,(H,25,30)/t22-/m0/s1. The Bertz CT molecular complexity index is 1020. The zero-order valence-corrected chi connectivity index (χ0v) is 18.8. The molecule has 1 aromatic carbocycles. The van der Waals surface area contributed by atoms with E-state index in [9.17, 15) is 4.79 Å². The van der Waals surface area contributed by atoms with E-state index in [1.54, 1.807) is 6.07 Å². The summed E-state index contributed by atoms with van der Waals surface area (Å²) in [5, 5.41) is 12.1. The van der Waals surface area contributed by atoms with Gasteiger partial charge in [0.05, 0.1) is 17.9 Å². The van der Waals surface area contributed by atoms with E-state index in [4.69, 9.17) is 4.42 Å². The zero-order valence-electron chi connectivity index (χ0n) is 18.8. The molecule has 1 amide bonds. The lowest BCUT2D eigenvalue weighted by Crippen LogP contribution is -2.34. The maximum atomic E-state index is 12.6. The molecule has 2 aromatic heterocycles. The van der Waals surface area contributed by atoms with Crippen LogP contribution >= 0.6 is 0 Å². The van der Waals surface area contributed by atoms with Crippen molar-refractivity contribution in [2.24, 2.45) is 5.92 Å². The summed E-state index contributed by atoms with van der Waals surface area (Å²) < 4.78 is 7.25. The Balaban J connectivity index is 1.49. The third kappa shape index (κ3) is 4.88. The number of hydrogen-bond donors (Lipinski definition) is 1. The number of aryl methyl sites for hydroxylation is 2. The Kier molecular flexibility index (Phi) is 6.23. The van der Waals surface area contributed by atoms with Crippen LogP contribution in [0.5, 0.6) is 0 Å². The molecular weight excluding hydrogens is 390 g/mol. The van der Waals surface area contributed by atoms with Crippen LogP contribution in [0.3, 0.4) is 0 Å². The van der Waals surface area contributed by atoms with Crippen LogP contribution < -0.4 is 5.32 Å². The molecule has 164 valence electrons. The quantitative estimate of drug-likeness (QED) is 0.657. The lowest BCUT2D eigenvalue weighted by molar-refractivity contribution is 0.0921. The number of fused-ring (bicyclic) bond motifs is 1. The summed E-state index contributed by atoms with van der Waals surface area (Å²) in [4.78, 5) is 15.1. The molecular formula is C24H31N5O2. The number of aromatic nitrogens is 3. The third-order valence-corrected chi connectivity index (χ3v) is 5.85. The van der Waals surface area contributed by atoms with Crippen LogP contribution in [0.25, 0.3) is 0 Å². The van der Waals surface area contributed by atoms with Gasteiger partial charge in [-0.1, -0.05) is 43.2 Å². The van der Waals surface area contributed by atoms with Gasteiger partial charge in [-0.05, 0) is 31.4 Å². The molecule has 1 atom stereocenters. The number of hydrogen-bond acceptors (Lipinski definition) is 5. The lowest BCUT2D eigenvalue weighted by atomic mass is 10.0. The second kappa shape index (κ2) is 9.06. The van der Waals surface area contributed by atoms with Gasteiger partial charge in [-0.3, -0.25) is 9.69 Å². The van der Waals surface area contributed by atoms with Crippen LogP contribution in [-0.4, -0.2) is 38.7 Å². The molecule has 0 fully saturated rings. The van der Waals surface area contributed by atoms with E-state index < -0.39 is 0 Å². The van der Waals surface area contributed by atoms with Crippen molar-refractivity contribution >= 4 is 5.91 Å². The van der Waals surface area contributed by atoms with Gasteiger partial charge in [-0.15, -0.1) is 10.2 Å². The predicted octanol–water partition coefficient (Wildman–Crippen LogP) is 3.67. The maximum absolute atomic E-state index is 12.6. The van der Waals surface area contributed by atoms with Crippen LogP contribution in [0.2, 0.25) is 0 Å². The first-order chi connectivity index (χ1) is 14.9. The molecule has 0 aliphatic carbocycles. The average molecular weight is 422 g/mol. The highest BCUT2D eigenvalue weighted by Gasteiger charge is 2.28. The van der Waals surface area contributed by atoms with Crippen LogP contribution in [-0.2, 0) is 19.5 Å². The summed E-state index contributed by atoms with van der Waals surface area (Å²) in [5.74, 6) is 1.84. The van der Waals surface area contributed by atoms with Gasteiger partial charge in [0, 0.05) is 32.6 Å². The van der Waals surface area contributed by atoms with E-state index in [-0.39, 0.29) is 17.9 Å². The number of carbonyl (C=O) groups is 1. The SMILES string of the molecule is Cc1cc(C)cc(CN2CCc3nnc([C@@H](NC(=O)c4ccoc4)C(C)C)n3CC2)c1. The Hall–Kier alpha value is -2.93. The predicted molar refractivity (Wildman–Crippen MR) is 119 cm³/mol. The van der Waals surface area contributed by atoms with Crippen molar-refractivity contribution < 1.29 is 9.21 Å². The van der Waals surface area contributed by atoms with Gasteiger partial charge >= 0.3 is 0 Å². The van der Waals surface area contributed by atoms with Gasteiger partial charge in [0.1, 0.15) is 12.1 Å². The van der Waals surface area contributed by atoms with Crippen molar-refractivity contribution in [3.63, 3.8) is 0 Å². The first-order valence-corrected chi connectivity index (χ1v) is 11.0. The molecule has 0 saturated heterocycles. The molecule has 31 heavy (non-hydrogen) atoms. The van der Waals surface area contributed by atoms with Crippen molar-refractivity contribution in [1.82, 2.24) is 25.0 Å². The van der Waals surface area contributed by atoms with Crippen molar-refractivity contribution in [2.45, 2.75) is 53.2 Å². The van der Waals surface area contributed by atoms with Crippen LogP contribution in [0, 0.1) is 19.8 Å². The molecule has 0 saturated carbocycles. The maximum Gasteiger partial charge on any atom is 0.255 e. The number of carbonyl (C=O) groups excluding carboxylic acids is 1. The molecule has 0 spiro atoms. The van der Waals surface area contributed by atoms with Gasteiger partial charge in [0.2, 0.25) is 0 Å². The highest BCUT2D eigenvalue weighted by Crippen LogP contribution is 2.23. The summed E-state index contributed by atoms with van der Waals surface area (Å²) in [5.41, 5.74) is 4.47. The minimum atomic E-state index is -0.213. The molecule has 4 rings (SSSR count). The molecule has 3 heterocycles. The summed E-state index contributed by atoms with van der Waals surface area (Å²) in [7, 11) is 0. The Morgan fingerprint density at radius 2 is 1.90 bits per heavy atom. The molecule has 1 N–H and O–H groups in total. The van der Waals surface area contributed by atoms with Crippen molar-refractivity contribution in [1.29, 1.82) is 0 Å². The Labute approximate surface area is 183 Å². The number of amides is 1. The highest BCUT2D eigenvalue weighted by molar-refractivity contribution is 5.94. The van der Waals surface area contributed by atoms with E-state index >= 15 is 0 Å². The molecule has 0 unspecified atom stereocenters. The molecule has 1 aliphatic rings. The lowest BCUT2D eigenvalue weighted by Gasteiger charge is -2.23. The van der Waals surface area contributed by atoms with Crippen molar-refractivity contribution in [3.8, 4) is 0 Å². The fourth-order valence-corrected chi connectivity index (χ4v) is 4.34. The summed E-state index contributed by atoms with van der Waals surface area (Å²) in [6.45, 7) is 12.1. The van der Waals surface area contributed by atoms with Gasteiger partial charge in [-0.2, -0.15) is 0 Å². The number of furan rings is 1. The molecule has 1 aliphatic heterocycles. The monoisotopic (exact) mass is 421 g/mol. The topological polar surface area (TPSA) is 76.2 Å². The number of nitrogens with one attached hydrogen (secondary N) is 1. The normalized spacial score (nSPS) is 15.5. The highest BCUT2D eigenvalue weighted by atomic mass is 16.3. The van der Waals surface area contributed by atoms with E-state index in [1.165, 1.54) is 29.2 Å². The van der Waals surface area contributed by atoms with E-state index in [0.29, 0.717) is 5.56 Å². The summed E-state index contributed by atoms with van der Waals surface area (Å²) >= 11 is 0. The fraction of sp³-hybridized carbons (Fsp3) is 0.458. The Morgan fingerprint density at radius 3 is 2.58 bits per heavy atom. The second-order valence-electron chi connectivity index (χ2n) is 8.86. The first-order valence-electron chi connectivity index (χ1n) is 11.0.